The van der Waals surface area contributed by atoms with Gasteiger partial charge in [0.1, 0.15) is 11.4 Å². The highest BCUT2D eigenvalue weighted by atomic mass is 35.5. The van der Waals surface area contributed by atoms with Gasteiger partial charge in [0.25, 0.3) is 5.91 Å². The third-order valence-electron chi connectivity index (χ3n) is 7.19. The van der Waals surface area contributed by atoms with Gasteiger partial charge in [0.05, 0.1) is 17.7 Å². The molecule has 9 heteroatoms. The van der Waals surface area contributed by atoms with E-state index in [1.54, 1.807) is 17.0 Å². The molecule has 1 aromatic carbocycles. The zero-order valence-electron chi connectivity index (χ0n) is 20.8. The number of hydrogen-bond donors (Lipinski definition) is 1. The summed E-state index contributed by atoms with van der Waals surface area (Å²) in [5, 5.41) is 11.0. The van der Waals surface area contributed by atoms with Gasteiger partial charge < -0.3 is 19.6 Å². The van der Waals surface area contributed by atoms with E-state index in [2.05, 4.69) is 4.98 Å². The van der Waals surface area contributed by atoms with E-state index >= 15 is 0 Å². The summed E-state index contributed by atoms with van der Waals surface area (Å²) in [4.78, 5) is 34.4. The third kappa shape index (κ3) is 6.31. The minimum atomic E-state index is -0.547. The maximum Gasteiger partial charge on any atom is 0.272 e. The first-order valence-electron chi connectivity index (χ1n) is 12.4. The molecule has 1 aromatic heterocycles. The molecule has 7 nitrogen and oxygen atoms in total. The highest BCUT2D eigenvalue weighted by Crippen LogP contribution is 2.37. The molecule has 0 bridgehead atoms. The third-order valence-corrected chi connectivity index (χ3v) is 8.01. The molecule has 2 aromatic rings. The number of likely N-dealkylation sites (tertiary alicyclic amines) is 2. The van der Waals surface area contributed by atoms with Crippen LogP contribution in [0.4, 0.5) is 0 Å². The molecular weight excluding hydrogens is 501 g/mol. The van der Waals surface area contributed by atoms with Gasteiger partial charge in [-0.2, -0.15) is 0 Å². The number of aromatic nitrogens is 1. The first-order valence-corrected chi connectivity index (χ1v) is 13.2. The summed E-state index contributed by atoms with van der Waals surface area (Å²) < 4.78 is 6.28. The van der Waals surface area contributed by atoms with Crippen molar-refractivity contribution in [1.29, 1.82) is 0 Å². The number of aliphatic hydroxyl groups is 1. The van der Waals surface area contributed by atoms with E-state index in [4.69, 9.17) is 27.9 Å². The number of rotatable bonds is 6. The lowest BCUT2D eigenvalue weighted by Gasteiger charge is -2.43. The van der Waals surface area contributed by atoms with Crippen molar-refractivity contribution in [3.63, 3.8) is 0 Å². The lowest BCUT2D eigenvalue weighted by atomic mass is 9.77. The number of carbonyl (C=O) groups is 2. The average Bonchev–Trinajstić information content (AvgIpc) is 2.86. The van der Waals surface area contributed by atoms with Crippen LogP contribution in [0.2, 0.25) is 10.0 Å². The van der Waals surface area contributed by atoms with Crippen LogP contribution in [0, 0.1) is 19.3 Å². The van der Waals surface area contributed by atoms with Gasteiger partial charge in [0.15, 0.2) is 0 Å². The van der Waals surface area contributed by atoms with Crippen molar-refractivity contribution in [2.24, 2.45) is 5.41 Å². The zero-order valence-corrected chi connectivity index (χ0v) is 22.3. The number of amides is 2. The minimum Gasteiger partial charge on any atom is -0.493 e. The average molecular weight is 534 g/mol. The van der Waals surface area contributed by atoms with Gasteiger partial charge in [-0.25, -0.2) is 4.98 Å². The highest BCUT2D eigenvalue weighted by molar-refractivity contribution is 6.32. The maximum atomic E-state index is 13.4. The molecule has 2 saturated heterocycles. The number of hydrogen-bond acceptors (Lipinski definition) is 5. The number of aryl methyl sites for hydroxylation is 2. The molecule has 0 radical (unpaired) electrons. The Balaban J connectivity index is 1.55. The summed E-state index contributed by atoms with van der Waals surface area (Å²) in [6.45, 7) is 6.25. The SMILES string of the molecule is Cc1cc(OC[C@]2(CC(=O)N3CCC(O)CC3)CCCN(C(=O)c3ccc(Cl)cn3)C2)cc(C)c1Cl. The van der Waals surface area contributed by atoms with Gasteiger partial charge >= 0.3 is 0 Å². The van der Waals surface area contributed by atoms with Crippen LogP contribution in [0.3, 0.4) is 0 Å². The van der Waals surface area contributed by atoms with Gasteiger partial charge in [0, 0.05) is 49.2 Å². The number of ether oxygens (including phenoxy) is 1. The quantitative estimate of drug-likeness (QED) is 0.582. The number of pyridine rings is 1. The van der Waals surface area contributed by atoms with E-state index in [1.807, 2.05) is 30.9 Å². The summed E-state index contributed by atoms with van der Waals surface area (Å²) in [6, 6.07) is 7.09. The van der Waals surface area contributed by atoms with Crippen LogP contribution < -0.4 is 4.74 Å². The van der Waals surface area contributed by atoms with Crippen molar-refractivity contribution in [1.82, 2.24) is 14.8 Å². The van der Waals surface area contributed by atoms with Crippen molar-refractivity contribution in [3.05, 3.63) is 57.3 Å². The van der Waals surface area contributed by atoms with Crippen LogP contribution in [0.15, 0.2) is 30.5 Å². The molecule has 0 aliphatic carbocycles. The van der Waals surface area contributed by atoms with Crippen molar-refractivity contribution < 1.29 is 19.4 Å². The van der Waals surface area contributed by atoms with Crippen LogP contribution >= 0.6 is 23.2 Å². The standard InChI is InChI=1S/C27H33Cl2N3O4/c1-18-12-22(13-19(2)25(18)29)36-17-27(14-24(34)31-10-6-21(33)7-11-31)8-3-9-32(16-27)26(35)23-5-4-20(28)15-30-23/h4-5,12-13,15,21,33H,3,6-11,14,16-17H2,1-2H3/t27-/m0/s1. The van der Waals surface area contributed by atoms with E-state index in [9.17, 15) is 14.7 Å². The van der Waals surface area contributed by atoms with Crippen molar-refractivity contribution in [2.45, 2.75) is 52.1 Å². The zero-order chi connectivity index (χ0) is 25.9. The Morgan fingerprint density at radius 1 is 1.11 bits per heavy atom. The number of benzene rings is 1. The number of nitrogens with zero attached hydrogens (tertiary/aromatic N) is 3. The summed E-state index contributed by atoms with van der Waals surface area (Å²) in [5.74, 6) is 0.556. The number of carbonyl (C=O) groups excluding carboxylic acids is 2. The summed E-state index contributed by atoms with van der Waals surface area (Å²) in [5.41, 5.74) is 1.64. The van der Waals surface area contributed by atoms with Crippen molar-refractivity contribution in [3.8, 4) is 5.75 Å². The summed E-state index contributed by atoms with van der Waals surface area (Å²) in [6.07, 6.45) is 4.08. The van der Waals surface area contributed by atoms with E-state index in [1.165, 1.54) is 6.20 Å². The van der Waals surface area contributed by atoms with Gasteiger partial charge in [-0.15, -0.1) is 0 Å². The number of piperidine rings is 2. The molecule has 2 fully saturated rings. The highest BCUT2D eigenvalue weighted by Gasteiger charge is 2.41. The Morgan fingerprint density at radius 3 is 2.44 bits per heavy atom. The van der Waals surface area contributed by atoms with Crippen LogP contribution in [0.5, 0.6) is 5.75 Å². The fourth-order valence-electron chi connectivity index (χ4n) is 5.13. The van der Waals surface area contributed by atoms with Crippen LogP contribution in [0.1, 0.15) is 53.7 Å². The normalized spacial score (nSPS) is 20.9. The largest absolute Gasteiger partial charge is 0.493 e. The van der Waals surface area contributed by atoms with E-state index < -0.39 is 5.41 Å². The topological polar surface area (TPSA) is 83.0 Å². The van der Waals surface area contributed by atoms with Gasteiger partial charge in [-0.05, 0) is 74.9 Å². The Kier molecular flexibility index (Phi) is 8.43. The van der Waals surface area contributed by atoms with Crippen LogP contribution in [0.25, 0.3) is 0 Å². The number of halogens is 2. The fraction of sp³-hybridized carbons (Fsp3) is 0.519. The van der Waals surface area contributed by atoms with Gasteiger partial charge in [-0.3, -0.25) is 9.59 Å². The maximum absolute atomic E-state index is 13.4. The number of aliphatic hydroxyl groups excluding tert-OH is 1. The molecule has 1 atom stereocenters. The Bertz CT molecular complexity index is 1080. The second kappa shape index (κ2) is 11.4. The van der Waals surface area contributed by atoms with Crippen LogP contribution in [-0.4, -0.2) is 70.6 Å². The molecule has 1 N–H and O–H groups in total. The first-order chi connectivity index (χ1) is 17.2. The lowest BCUT2D eigenvalue weighted by molar-refractivity contribution is -0.137. The Labute approximate surface area is 222 Å². The molecule has 0 spiro atoms. The van der Waals surface area contributed by atoms with Crippen molar-refractivity contribution in [2.75, 3.05) is 32.8 Å². The smallest absolute Gasteiger partial charge is 0.272 e. The fourth-order valence-corrected chi connectivity index (χ4v) is 5.35. The molecule has 3 heterocycles. The van der Waals surface area contributed by atoms with Crippen molar-refractivity contribution >= 4 is 35.0 Å². The minimum absolute atomic E-state index is 0.0351. The predicted octanol–water partition coefficient (Wildman–Crippen LogP) is 4.68. The van der Waals surface area contributed by atoms with Crippen LogP contribution in [-0.2, 0) is 4.79 Å². The molecule has 0 unspecified atom stereocenters. The molecule has 2 aliphatic heterocycles. The predicted molar refractivity (Wildman–Crippen MR) is 140 cm³/mol. The molecule has 2 aliphatic rings. The molecule has 36 heavy (non-hydrogen) atoms. The van der Waals surface area contributed by atoms with Gasteiger partial charge in [0.2, 0.25) is 5.91 Å². The summed E-state index contributed by atoms with van der Waals surface area (Å²) in [7, 11) is 0. The monoisotopic (exact) mass is 533 g/mol. The molecular formula is C27H33Cl2N3O4. The van der Waals surface area contributed by atoms with E-state index in [0.717, 1.165) is 24.0 Å². The Hall–Kier alpha value is -2.35. The van der Waals surface area contributed by atoms with E-state index in [-0.39, 0.29) is 24.3 Å². The molecule has 194 valence electrons. The molecule has 4 rings (SSSR count). The molecule has 0 saturated carbocycles. The van der Waals surface area contributed by atoms with E-state index in [0.29, 0.717) is 67.1 Å². The summed E-state index contributed by atoms with van der Waals surface area (Å²) >= 11 is 12.3. The first kappa shape index (κ1) is 26.7. The Morgan fingerprint density at radius 2 is 1.81 bits per heavy atom. The lowest BCUT2D eigenvalue weighted by Crippen LogP contribution is -2.51. The second-order valence-electron chi connectivity index (χ2n) is 10.1. The second-order valence-corrected chi connectivity index (χ2v) is 11.0. The van der Waals surface area contributed by atoms with Gasteiger partial charge in [-0.1, -0.05) is 23.2 Å². The molecule has 2 amide bonds.